The van der Waals surface area contributed by atoms with Gasteiger partial charge in [-0.05, 0) is 70.6 Å². The number of aliphatic hydroxyl groups is 6. The predicted octanol–water partition coefficient (Wildman–Crippen LogP) is 8.97. The van der Waals surface area contributed by atoms with Crippen LogP contribution in [-0.2, 0) is 14.3 Å². The summed E-state index contributed by atoms with van der Waals surface area (Å²) in [6.45, 7) is 3.51. The minimum Gasteiger partial charge on any atom is -0.394 e. The molecule has 59 heavy (non-hydrogen) atoms. The van der Waals surface area contributed by atoms with E-state index in [4.69, 9.17) is 9.47 Å². The molecule has 1 rings (SSSR count). The largest absolute Gasteiger partial charge is 0.394 e. The fourth-order valence-corrected chi connectivity index (χ4v) is 6.97. The average Bonchev–Trinajstić information content (AvgIpc) is 3.23. The number of amides is 1. The van der Waals surface area contributed by atoms with Crippen molar-refractivity contribution in [2.45, 2.75) is 230 Å². The number of rotatable bonds is 38. The lowest BCUT2D eigenvalue weighted by Gasteiger charge is -2.40. The number of nitrogens with one attached hydrogen (secondary N) is 1. The summed E-state index contributed by atoms with van der Waals surface area (Å²) in [4.78, 5) is 13.0. The van der Waals surface area contributed by atoms with E-state index in [-0.39, 0.29) is 13.0 Å². The Labute approximate surface area is 359 Å². The van der Waals surface area contributed by atoms with E-state index < -0.39 is 61.5 Å². The minimum atomic E-state index is -1.62. The highest BCUT2D eigenvalue weighted by molar-refractivity contribution is 5.80. The van der Waals surface area contributed by atoms with Gasteiger partial charge in [-0.25, -0.2) is 0 Å². The highest BCUT2D eigenvalue weighted by Crippen LogP contribution is 2.22. The minimum absolute atomic E-state index is 0.286. The van der Waals surface area contributed by atoms with Gasteiger partial charge in [-0.15, -0.1) is 0 Å². The fourth-order valence-electron chi connectivity index (χ4n) is 6.97. The molecule has 8 unspecified atom stereocenters. The van der Waals surface area contributed by atoms with E-state index >= 15 is 0 Å². The summed E-state index contributed by atoms with van der Waals surface area (Å²) in [7, 11) is 0. The number of hydrogen-bond donors (Lipinski definition) is 7. The molecule has 8 atom stereocenters. The summed E-state index contributed by atoms with van der Waals surface area (Å²) in [6, 6.07) is -1.01. The molecular formula is C49H87NO9. The highest BCUT2D eigenvalue weighted by atomic mass is 16.7. The number of carbonyl (C=O) groups excluding carboxylic acids is 1. The van der Waals surface area contributed by atoms with Crippen LogP contribution in [-0.4, -0.2) is 98.7 Å². The topological polar surface area (TPSA) is 169 Å². The zero-order chi connectivity index (χ0) is 43.2. The smallest absolute Gasteiger partial charge is 0.249 e. The van der Waals surface area contributed by atoms with Crippen LogP contribution in [0.5, 0.6) is 0 Å². The van der Waals surface area contributed by atoms with E-state index in [1.165, 1.54) is 77.0 Å². The maximum absolute atomic E-state index is 13.0. The molecular weight excluding hydrogens is 747 g/mol. The number of ether oxygens (including phenoxy) is 2. The van der Waals surface area contributed by atoms with Crippen LogP contribution >= 0.6 is 0 Å². The highest BCUT2D eigenvalue weighted by Gasteiger charge is 2.44. The Morgan fingerprint density at radius 2 is 1.07 bits per heavy atom. The molecule has 0 spiro atoms. The van der Waals surface area contributed by atoms with Crippen molar-refractivity contribution in [3.8, 4) is 0 Å². The summed E-state index contributed by atoms with van der Waals surface area (Å²) >= 11 is 0. The standard InChI is InChI=1S/C49H87NO9/c1-3-5-7-9-11-13-15-17-18-19-20-21-22-23-24-25-26-28-30-32-34-36-38-43(53)48(57)50-41(40-58-49-47(56)46(55)45(54)44(39-51)59-49)42(52)37-35-33-31-29-27-16-14-12-10-8-6-4-2/h10,12,20-21,23-24,27,29,35,37,41-47,49,51-56H,3-9,11,13-19,22,25-26,28,30-34,36,38-40H2,1-2H3,(H,50,57)/b12-10+,21-20-,24-23-,29-27+,37-35+. The first-order valence-electron chi connectivity index (χ1n) is 23.6. The van der Waals surface area contributed by atoms with E-state index in [1.54, 1.807) is 6.08 Å². The van der Waals surface area contributed by atoms with Gasteiger partial charge in [-0.2, -0.15) is 0 Å². The lowest BCUT2D eigenvalue weighted by atomic mass is 9.99. The lowest BCUT2D eigenvalue weighted by Crippen LogP contribution is -2.60. The molecule has 0 saturated carbocycles. The first-order chi connectivity index (χ1) is 28.8. The molecule has 0 aromatic carbocycles. The molecule has 0 bridgehead atoms. The van der Waals surface area contributed by atoms with Crippen molar-refractivity contribution >= 4 is 5.91 Å². The van der Waals surface area contributed by atoms with E-state index in [0.717, 1.165) is 70.6 Å². The van der Waals surface area contributed by atoms with E-state index in [9.17, 15) is 35.4 Å². The second-order valence-electron chi connectivity index (χ2n) is 16.3. The first-order valence-corrected chi connectivity index (χ1v) is 23.6. The van der Waals surface area contributed by atoms with Crippen LogP contribution in [0.15, 0.2) is 60.8 Å². The molecule has 10 nitrogen and oxygen atoms in total. The van der Waals surface area contributed by atoms with Gasteiger partial charge in [-0.1, -0.05) is 171 Å². The van der Waals surface area contributed by atoms with Gasteiger partial charge in [0, 0.05) is 0 Å². The van der Waals surface area contributed by atoms with E-state index in [0.29, 0.717) is 12.8 Å². The Balaban J connectivity index is 2.38. The number of carbonyl (C=O) groups is 1. The number of allylic oxidation sites excluding steroid dienone is 9. The SMILES string of the molecule is CCCC/C=C/CC/C=C/CC/C=C/C(O)C(COC1OC(CO)C(O)C(O)C1O)NC(=O)C(O)CCCCCCCC/C=C\C/C=C\CCCCCCCCCCC. The monoisotopic (exact) mass is 834 g/mol. The van der Waals surface area contributed by atoms with Crippen LogP contribution in [0.1, 0.15) is 181 Å². The van der Waals surface area contributed by atoms with E-state index in [2.05, 4.69) is 67.8 Å². The summed E-state index contributed by atoms with van der Waals surface area (Å²) in [5, 5.41) is 64.6. The summed E-state index contributed by atoms with van der Waals surface area (Å²) in [6.07, 6.45) is 40.3. The van der Waals surface area contributed by atoms with Crippen molar-refractivity contribution in [3.05, 3.63) is 60.8 Å². The van der Waals surface area contributed by atoms with Gasteiger partial charge in [0.05, 0.1) is 25.4 Å². The normalized spacial score (nSPS) is 21.8. The van der Waals surface area contributed by atoms with Gasteiger partial charge >= 0.3 is 0 Å². The van der Waals surface area contributed by atoms with Crippen LogP contribution in [0.25, 0.3) is 0 Å². The molecule has 0 radical (unpaired) electrons. The number of aliphatic hydroxyl groups excluding tert-OH is 6. The van der Waals surface area contributed by atoms with Crippen LogP contribution in [0.3, 0.4) is 0 Å². The van der Waals surface area contributed by atoms with Crippen molar-refractivity contribution in [3.63, 3.8) is 0 Å². The van der Waals surface area contributed by atoms with Crippen LogP contribution < -0.4 is 5.32 Å². The summed E-state index contributed by atoms with van der Waals surface area (Å²) < 4.78 is 11.1. The van der Waals surface area contributed by atoms with Crippen molar-refractivity contribution in [1.29, 1.82) is 0 Å². The van der Waals surface area contributed by atoms with Crippen molar-refractivity contribution in [2.24, 2.45) is 0 Å². The Hall–Kier alpha value is -2.15. The Morgan fingerprint density at radius 1 is 0.593 bits per heavy atom. The van der Waals surface area contributed by atoms with Gasteiger partial charge in [0.2, 0.25) is 5.91 Å². The molecule has 1 aliphatic rings. The average molecular weight is 834 g/mol. The zero-order valence-corrected chi connectivity index (χ0v) is 37.1. The molecule has 7 N–H and O–H groups in total. The molecule has 0 aliphatic carbocycles. The summed E-state index contributed by atoms with van der Waals surface area (Å²) in [5.74, 6) is -0.642. The predicted molar refractivity (Wildman–Crippen MR) is 241 cm³/mol. The van der Waals surface area contributed by atoms with Crippen LogP contribution in [0.4, 0.5) is 0 Å². The Kier molecular flexibility index (Phi) is 36.0. The first kappa shape index (κ1) is 54.9. The third-order valence-electron chi connectivity index (χ3n) is 10.9. The summed E-state index contributed by atoms with van der Waals surface area (Å²) in [5.41, 5.74) is 0. The molecule has 1 aliphatic heterocycles. The molecule has 342 valence electrons. The Bertz CT molecular complexity index is 1120. The van der Waals surface area contributed by atoms with Crippen molar-refractivity contribution < 1.29 is 44.9 Å². The molecule has 0 aromatic rings. The maximum Gasteiger partial charge on any atom is 0.249 e. The van der Waals surface area contributed by atoms with Crippen molar-refractivity contribution in [2.75, 3.05) is 13.2 Å². The molecule has 1 amide bonds. The third-order valence-corrected chi connectivity index (χ3v) is 10.9. The van der Waals surface area contributed by atoms with Gasteiger partial charge in [-0.3, -0.25) is 4.79 Å². The second-order valence-corrected chi connectivity index (χ2v) is 16.3. The van der Waals surface area contributed by atoms with Crippen LogP contribution in [0.2, 0.25) is 0 Å². The second kappa shape index (κ2) is 38.7. The molecule has 0 aromatic heterocycles. The fraction of sp³-hybridized carbons (Fsp3) is 0.776. The molecule has 10 heteroatoms. The lowest BCUT2D eigenvalue weighted by molar-refractivity contribution is -0.302. The van der Waals surface area contributed by atoms with Gasteiger partial charge in [0.1, 0.15) is 30.5 Å². The van der Waals surface area contributed by atoms with Crippen molar-refractivity contribution in [1.82, 2.24) is 5.32 Å². The Morgan fingerprint density at radius 3 is 1.63 bits per heavy atom. The van der Waals surface area contributed by atoms with Gasteiger partial charge in [0.25, 0.3) is 0 Å². The number of unbranched alkanes of at least 4 members (excludes halogenated alkanes) is 19. The molecule has 1 heterocycles. The number of hydrogen-bond acceptors (Lipinski definition) is 9. The van der Waals surface area contributed by atoms with Gasteiger partial charge < -0.3 is 45.4 Å². The van der Waals surface area contributed by atoms with Gasteiger partial charge in [0.15, 0.2) is 6.29 Å². The zero-order valence-electron chi connectivity index (χ0n) is 37.1. The maximum atomic E-state index is 13.0. The van der Waals surface area contributed by atoms with E-state index in [1.807, 2.05) is 6.08 Å². The molecule has 1 saturated heterocycles. The third kappa shape index (κ3) is 28.9. The van der Waals surface area contributed by atoms with Crippen LogP contribution in [0, 0.1) is 0 Å². The molecule has 1 fully saturated rings. The quantitative estimate of drug-likeness (QED) is 0.0237.